The van der Waals surface area contributed by atoms with E-state index in [2.05, 4.69) is 16.0 Å². The van der Waals surface area contributed by atoms with E-state index in [4.69, 9.17) is 21.4 Å². The lowest BCUT2D eigenvalue weighted by molar-refractivity contribution is -0.384. The second kappa shape index (κ2) is 10.8. The Kier molecular flexibility index (Phi) is 7.33. The number of benzene rings is 2. The SMILES string of the molecule is O=C(Nc1cccc(NC(=S)NC(=O)c2cc([N+](=O)[O-])ccc2N2CCOCC2)c1)c1ccco1. The molecule has 2 heterocycles. The Bertz CT molecular complexity index is 1260. The van der Waals surface area contributed by atoms with E-state index in [1.165, 1.54) is 18.4 Å². The number of rotatable bonds is 6. The molecule has 35 heavy (non-hydrogen) atoms. The van der Waals surface area contributed by atoms with Crippen LogP contribution in [0.5, 0.6) is 0 Å². The molecule has 0 bridgehead atoms. The first-order valence-corrected chi connectivity index (χ1v) is 11.0. The third kappa shape index (κ3) is 5.99. The predicted molar refractivity (Wildman–Crippen MR) is 133 cm³/mol. The van der Waals surface area contributed by atoms with Crippen LogP contribution in [0, 0.1) is 10.1 Å². The first-order valence-electron chi connectivity index (χ1n) is 10.6. The van der Waals surface area contributed by atoms with Crippen molar-refractivity contribution in [2.24, 2.45) is 0 Å². The second-order valence-electron chi connectivity index (χ2n) is 7.48. The zero-order valence-corrected chi connectivity index (χ0v) is 19.2. The summed E-state index contributed by atoms with van der Waals surface area (Å²) in [5, 5.41) is 19.4. The van der Waals surface area contributed by atoms with Crippen LogP contribution in [0.2, 0.25) is 0 Å². The maximum atomic E-state index is 13.0. The molecular weight excluding hydrogens is 474 g/mol. The fraction of sp³-hybridized carbons (Fsp3) is 0.174. The van der Waals surface area contributed by atoms with E-state index in [9.17, 15) is 19.7 Å². The Morgan fingerprint density at radius 1 is 0.971 bits per heavy atom. The van der Waals surface area contributed by atoms with Gasteiger partial charge in [0.25, 0.3) is 17.5 Å². The van der Waals surface area contributed by atoms with Gasteiger partial charge in [0.2, 0.25) is 0 Å². The van der Waals surface area contributed by atoms with Gasteiger partial charge in [0.1, 0.15) is 0 Å². The van der Waals surface area contributed by atoms with Crippen LogP contribution in [-0.4, -0.2) is 48.2 Å². The van der Waals surface area contributed by atoms with Gasteiger partial charge in [0, 0.05) is 36.6 Å². The Labute approximate surface area is 205 Å². The summed E-state index contributed by atoms with van der Waals surface area (Å²) in [4.78, 5) is 37.9. The molecule has 2 aromatic carbocycles. The molecule has 0 saturated carbocycles. The Hall–Kier alpha value is -4.29. The van der Waals surface area contributed by atoms with Gasteiger partial charge in [-0.1, -0.05) is 6.07 Å². The van der Waals surface area contributed by atoms with Gasteiger partial charge in [-0.05, 0) is 48.6 Å². The first kappa shape index (κ1) is 23.9. The Balaban J connectivity index is 1.45. The maximum Gasteiger partial charge on any atom is 0.291 e. The molecule has 11 nitrogen and oxygen atoms in total. The van der Waals surface area contributed by atoms with Crippen LogP contribution in [0.25, 0.3) is 0 Å². The highest BCUT2D eigenvalue weighted by Crippen LogP contribution is 2.26. The van der Waals surface area contributed by atoms with Crippen molar-refractivity contribution in [3.8, 4) is 0 Å². The molecule has 1 aliphatic heterocycles. The molecule has 3 aromatic rings. The van der Waals surface area contributed by atoms with Crippen LogP contribution < -0.4 is 20.9 Å². The van der Waals surface area contributed by atoms with Gasteiger partial charge < -0.3 is 24.7 Å². The molecule has 1 saturated heterocycles. The average Bonchev–Trinajstić information content (AvgIpc) is 3.39. The Morgan fingerprint density at radius 2 is 1.71 bits per heavy atom. The summed E-state index contributed by atoms with van der Waals surface area (Å²) in [6.45, 7) is 2.09. The Morgan fingerprint density at radius 3 is 2.40 bits per heavy atom. The number of carbonyl (C=O) groups excluding carboxylic acids is 2. The second-order valence-corrected chi connectivity index (χ2v) is 7.89. The lowest BCUT2D eigenvalue weighted by Gasteiger charge is -2.30. The molecule has 180 valence electrons. The summed E-state index contributed by atoms with van der Waals surface area (Å²) in [6, 6.07) is 14.0. The molecule has 0 aliphatic carbocycles. The van der Waals surface area contributed by atoms with Crippen LogP contribution >= 0.6 is 12.2 Å². The number of nitrogens with zero attached hydrogens (tertiary/aromatic N) is 2. The lowest BCUT2D eigenvalue weighted by Crippen LogP contribution is -2.39. The van der Waals surface area contributed by atoms with Crippen LogP contribution in [0.4, 0.5) is 22.7 Å². The molecule has 0 unspecified atom stereocenters. The number of carbonyl (C=O) groups is 2. The minimum Gasteiger partial charge on any atom is -0.459 e. The highest BCUT2D eigenvalue weighted by molar-refractivity contribution is 7.80. The highest BCUT2D eigenvalue weighted by Gasteiger charge is 2.22. The van der Waals surface area contributed by atoms with Gasteiger partial charge in [0.05, 0.1) is 35.7 Å². The number of nitro groups is 1. The van der Waals surface area contributed by atoms with Crippen LogP contribution in [0.15, 0.2) is 65.3 Å². The largest absolute Gasteiger partial charge is 0.459 e. The molecule has 3 N–H and O–H groups in total. The molecular formula is C23H21N5O6S. The van der Waals surface area contributed by atoms with E-state index in [0.29, 0.717) is 43.4 Å². The van der Waals surface area contributed by atoms with E-state index >= 15 is 0 Å². The van der Waals surface area contributed by atoms with Crippen molar-refractivity contribution < 1.29 is 23.7 Å². The number of ether oxygens (including phenoxy) is 1. The summed E-state index contributed by atoms with van der Waals surface area (Å²) in [7, 11) is 0. The summed E-state index contributed by atoms with van der Waals surface area (Å²) in [6.07, 6.45) is 1.40. The van der Waals surface area contributed by atoms with Crippen LogP contribution in [0.3, 0.4) is 0 Å². The number of hydrogen-bond donors (Lipinski definition) is 3. The maximum absolute atomic E-state index is 13.0. The fourth-order valence-electron chi connectivity index (χ4n) is 3.51. The van der Waals surface area contributed by atoms with Crippen LogP contribution in [0.1, 0.15) is 20.9 Å². The van der Waals surface area contributed by atoms with Crippen molar-refractivity contribution in [3.05, 3.63) is 82.3 Å². The molecule has 0 spiro atoms. The highest BCUT2D eigenvalue weighted by atomic mass is 32.1. The molecule has 4 rings (SSSR count). The third-order valence-corrected chi connectivity index (χ3v) is 5.34. The lowest BCUT2D eigenvalue weighted by atomic mass is 10.1. The first-order chi connectivity index (χ1) is 16.9. The number of morpholine rings is 1. The molecule has 1 aliphatic rings. The van der Waals surface area contributed by atoms with Crippen molar-refractivity contribution in [1.29, 1.82) is 0 Å². The topological polar surface area (TPSA) is 139 Å². The van der Waals surface area contributed by atoms with E-state index in [1.54, 1.807) is 42.5 Å². The van der Waals surface area contributed by atoms with Crippen molar-refractivity contribution in [3.63, 3.8) is 0 Å². The monoisotopic (exact) mass is 495 g/mol. The molecule has 1 fully saturated rings. The van der Waals surface area contributed by atoms with E-state index in [1.807, 2.05) is 4.90 Å². The smallest absolute Gasteiger partial charge is 0.291 e. The molecule has 0 radical (unpaired) electrons. The number of amides is 2. The summed E-state index contributed by atoms with van der Waals surface area (Å²) in [5.74, 6) is -0.835. The fourth-order valence-corrected chi connectivity index (χ4v) is 3.72. The average molecular weight is 496 g/mol. The minimum absolute atomic E-state index is 0.0102. The number of furan rings is 1. The van der Waals surface area contributed by atoms with Gasteiger partial charge in [-0.15, -0.1) is 0 Å². The number of nitrogens with one attached hydrogen (secondary N) is 3. The van der Waals surface area contributed by atoms with Crippen molar-refractivity contribution in [2.45, 2.75) is 0 Å². The van der Waals surface area contributed by atoms with E-state index < -0.39 is 16.7 Å². The van der Waals surface area contributed by atoms with Crippen LogP contribution in [-0.2, 0) is 4.74 Å². The van der Waals surface area contributed by atoms with Gasteiger partial charge in [-0.25, -0.2) is 0 Å². The third-order valence-electron chi connectivity index (χ3n) is 5.14. The summed E-state index contributed by atoms with van der Waals surface area (Å²) in [5.41, 5.74) is 1.48. The van der Waals surface area contributed by atoms with Gasteiger partial charge in [-0.2, -0.15) is 0 Å². The van der Waals surface area contributed by atoms with Gasteiger partial charge in [-0.3, -0.25) is 25.0 Å². The number of thiocarbonyl (C=S) groups is 1. The van der Waals surface area contributed by atoms with Crippen molar-refractivity contribution in [2.75, 3.05) is 41.8 Å². The molecule has 1 aromatic heterocycles. The molecule has 0 atom stereocenters. The predicted octanol–water partition coefficient (Wildman–Crippen LogP) is 3.40. The van der Waals surface area contributed by atoms with Crippen molar-refractivity contribution >= 4 is 51.9 Å². The van der Waals surface area contributed by atoms with E-state index in [-0.39, 0.29) is 22.1 Å². The number of hydrogen-bond acceptors (Lipinski definition) is 8. The molecule has 2 amide bonds. The van der Waals surface area contributed by atoms with Crippen molar-refractivity contribution in [1.82, 2.24) is 5.32 Å². The van der Waals surface area contributed by atoms with Gasteiger partial charge >= 0.3 is 0 Å². The van der Waals surface area contributed by atoms with Gasteiger partial charge in [0.15, 0.2) is 10.9 Å². The van der Waals surface area contributed by atoms with E-state index in [0.717, 1.165) is 0 Å². The normalized spacial score (nSPS) is 13.1. The summed E-state index contributed by atoms with van der Waals surface area (Å²) >= 11 is 5.28. The minimum atomic E-state index is -0.588. The number of non-ortho nitro benzene ring substituents is 1. The number of nitro benzene ring substituents is 1. The quantitative estimate of drug-likeness (QED) is 0.267. The molecule has 12 heteroatoms. The summed E-state index contributed by atoms with van der Waals surface area (Å²) < 4.78 is 10.4. The number of anilines is 3. The zero-order chi connectivity index (χ0) is 24.8. The zero-order valence-electron chi connectivity index (χ0n) is 18.4. The standard InChI is InChI=1S/C23H21N5O6S/c29-21(18-14-17(28(31)32)6-7-19(18)27-8-11-33-12-9-27)26-23(35)25-16-4-1-3-15(13-16)24-22(30)20-5-2-10-34-20/h1-7,10,13-14H,8-9,11-12H2,(H,24,30)(H2,25,26,29,35).